The Balaban J connectivity index is 2.08. The Hall–Kier alpha value is -1.61. The Bertz CT molecular complexity index is 443. The molecule has 1 heterocycles. The van der Waals surface area contributed by atoms with E-state index in [9.17, 15) is 0 Å². The molecule has 2 aromatic rings. The van der Waals surface area contributed by atoms with Gasteiger partial charge in [-0.25, -0.2) is 4.68 Å². The number of benzene rings is 1. The Morgan fingerprint density at radius 2 is 1.94 bits per heavy atom. The lowest BCUT2D eigenvalue weighted by Crippen LogP contribution is -2.25. The average molecular weight is 229 g/mol. The van der Waals surface area contributed by atoms with Crippen molar-refractivity contribution in [2.24, 2.45) is 0 Å². The number of rotatable bonds is 4. The van der Waals surface area contributed by atoms with Crippen molar-refractivity contribution in [3.8, 4) is 5.69 Å². The smallest absolute Gasteiger partial charge is 0.0645 e. The lowest BCUT2D eigenvalue weighted by atomic mass is 10.2. The average Bonchev–Trinajstić information content (AvgIpc) is 2.83. The molecule has 3 nitrogen and oxygen atoms in total. The van der Waals surface area contributed by atoms with Gasteiger partial charge in [-0.1, -0.05) is 12.1 Å². The van der Waals surface area contributed by atoms with Crippen molar-refractivity contribution in [2.45, 2.75) is 26.4 Å². The number of nitrogens with zero attached hydrogens (tertiary/aromatic N) is 3. The van der Waals surface area contributed by atoms with E-state index in [4.69, 9.17) is 0 Å². The van der Waals surface area contributed by atoms with E-state index < -0.39 is 0 Å². The minimum atomic E-state index is 0.570. The molecular formula is C14H19N3. The molecule has 90 valence electrons. The first-order valence-electron chi connectivity index (χ1n) is 5.96. The Morgan fingerprint density at radius 1 is 1.24 bits per heavy atom. The fourth-order valence-corrected chi connectivity index (χ4v) is 1.65. The van der Waals surface area contributed by atoms with Crippen molar-refractivity contribution in [3.05, 3.63) is 48.3 Å². The van der Waals surface area contributed by atoms with Gasteiger partial charge in [-0.2, -0.15) is 5.10 Å². The molecule has 0 saturated carbocycles. The van der Waals surface area contributed by atoms with Crippen LogP contribution >= 0.6 is 0 Å². The second-order valence-corrected chi connectivity index (χ2v) is 4.63. The van der Waals surface area contributed by atoms with Crippen molar-refractivity contribution in [2.75, 3.05) is 7.05 Å². The molecule has 0 amide bonds. The van der Waals surface area contributed by atoms with Crippen molar-refractivity contribution in [3.63, 3.8) is 0 Å². The number of hydrogen-bond acceptors (Lipinski definition) is 2. The highest BCUT2D eigenvalue weighted by molar-refractivity contribution is 5.33. The third-order valence-corrected chi connectivity index (χ3v) is 3.02. The van der Waals surface area contributed by atoms with Crippen LogP contribution in [0.4, 0.5) is 0 Å². The first-order chi connectivity index (χ1) is 8.16. The van der Waals surface area contributed by atoms with Gasteiger partial charge in [-0.3, -0.25) is 4.90 Å². The number of aromatic nitrogens is 2. The van der Waals surface area contributed by atoms with Crippen LogP contribution in [0.1, 0.15) is 19.4 Å². The minimum Gasteiger partial charge on any atom is -0.300 e. The molecule has 0 saturated heterocycles. The van der Waals surface area contributed by atoms with Crippen molar-refractivity contribution in [1.82, 2.24) is 14.7 Å². The molecule has 0 aliphatic rings. The Morgan fingerprint density at radius 3 is 2.47 bits per heavy atom. The molecule has 0 aliphatic heterocycles. The summed E-state index contributed by atoms with van der Waals surface area (Å²) in [5.41, 5.74) is 2.43. The highest BCUT2D eigenvalue weighted by Crippen LogP contribution is 2.11. The van der Waals surface area contributed by atoms with Crippen LogP contribution in [-0.4, -0.2) is 27.8 Å². The minimum absolute atomic E-state index is 0.570. The molecule has 0 aliphatic carbocycles. The van der Waals surface area contributed by atoms with E-state index in [-0.39, 0.29) is 0 Å². The fourth-order valence-electron chi connectivity index (χ4n) is 1.65. The maximum Gasteiger partial charge on any atom is 0.0645 e. The maximum absolute atomic E-state index is 4.21. The van der Waals surface area contributed by atoms with Crippen molar-refractivity contribution in [1.29, 1.82) is 0 Å². The lowest BCUT2D eigenvalue weighted by molar-refractivity contribution is 0.266. The zero-order valence-corrected chi connectivity index (χ0v) is 10.7. The molecule has 2 rings (SSSR count). The summed E-state index contributed by atoms with van der Waals surface area (Å²) in [5.74, 6) is 0. The maximum atomic E-state index is 4.21. The summed E-state index contributed by atoms with van der Waals surface area (Å²) in [6.45, 7) is 5.40. The molecule has 17 heavy (non-hydrogen) atoms. The second-order valence-electron chi connectivity index (χ2n) is 4.63. The topological polar surface area (TPSA) is 21.1 Å². The molecule has 0 atom stereocenters. The van der Waals surface area contributed by atoms with Crippen molar-refractivity contribution >= 4 is 0 Å². The van der Waals surface area contributed by atoms with Crippen LogP contribution in [0.3, 0.4) is 0 Å². The van der Waals surface area contributed by atoms with Gasteiger partial charge in [0.1, 0.15) is 0 Å². The SMILES string of the molecule is CC(C)N(C)Cc1ccc(-n2cccn2)cc1. The highest BCUT2D eigenvalue weighted by atomic mass is 15.3. The predicted octanol–water partition coefficient (Wildman–Crippen LogP) is 2.71. The molecule has 1 aromatic carbocycles. The quantitative estimate of drug-likeness (QED) is 0.803. The van der Waals surface area contributed by atoms with Crippen LogP contribution in [0.25, 0.3) is 5.69 Å². The van der Waals surface area contributed by atoms with Gasteiger partial charge in [0, 0.05) is 25.0 Å². The van der Waals surface area contributed by atoms with Crippen LogP contribution < -0.4 is 0 Å². The monoisotopic (exact) mass is 229 g/mol. The third-order valence-electron chi connectivity index (χ3n) is 3.02. The summed E-state index contributed by atoms with van der Waals surface area (Å²) in [6.07, 6.45) is 3.75. The summed E-state index contributed by atoms with van der Waals surface area (Å²) in [6, 6.07) is 11.0. The van der Waals surface area contributed by atoms with Gasteiger partial charge in [0.2, 0.25) is 0 Å². The standard InChI is InChI=1S/C14H19N3/c1-12(2)16(3)11-13-5-7-14(8-6-13)17-10-4-9-15-17/h4-10,12H,11H2,1-3H3. The molecule has 0 spiro atoms. The van der Waals surface area contributed by atoms with E-state index in [1.807, 2.05) is 16.9 Å². The van der Waals surface area contributed by atoms with Crippen LogP contribution in [0.5, 0.6) is 0 Å². The molecular weight excluding hydrogens is 210 g/mol. The second kappa shape index (κ2) is 5.15. The zero-order valence-electron chi connectivity index (χ0n) is 10.7. The summed E-state index contributed by atoms with van der Waals surface area (Å²) >= 11 is 0. The molecule has 0 unspecified atom stereocenters. The normalized spacial score (nSPS) is 11.4. The summed E-state index contributed by atoms with van der Waals surface area (Å²) < 4.78 is 1.87. The summed E-state index contributed by atoms with van der Waals surface area (Å²) in [4.78, 5) is 2.32. The van der Waals surface area contributed by atoms with Gasteiger partial charge in [-0.05, 0) is 44.7 Å². The highest BCUT2D eigenvalue weighted by Gasteiger charge is 2.04. The van der Waals surface area contributed by atoms with Crippen molar-refractivity contribution < 1.29 is 0 Å². The van der Waals surface area contributed by atoms with E-state index in [0.717, 1.165) is 12.2 Å². The summed E-state index contributed by atoms with van der Waals surface area (Å²) in [5, 5.41) is 4.21. The van der Waals surface area contributed by atoms with Gasteiger partial charge >= 0.3 is 0 Å². The van der Waals surface area contributed by atoms with Gasteiger partial charge in [0.05, 0.1) is 5.69 Å². The van der Waals surface area contributed by atoms with E-state index in [0.29, 0.717) is 6.04 Å². The molecule has 0 bridgehead atoms. The van der Waals surface area contributed by atoms with Gasteiger partial charge < -0.3 is 0 Å². The van der Waals surface area contributed by atoms with Crippen LogP contribution in [0, 0.1) is 0 Å². The van der Waals surface area contributed by atoms with Crippen LogP contribution in [0.15, 0.2) is 42.7 Å². The summed E-state index contributed by atoms with van der Waals surface area (Å²) in [7, 11) is 2.14. The Kier molecular flexibility index (Phi) is 3.59. The number of hydrogen-bond donors (Lipinski definition) is 0. The van der Waals surface area contributed by atoms with E-state index in [1.165, 1.54) is 5.56 Å². The molecule has 0 fully saturated rings. The molecule has 1 aromatic heterocycles. The fraction of sp³-hybridized carbons (Fsp3) is 0.357. The van der Waals surface area contributed by atoms with Gasteiger partial charge in [0.15, 0.2) is 0 Å². The molecule has 0 N–H and O–H groups in total. The predicted molar refractivity (Wildman–Crippen MR) is 70.2 cm³/mol. The van der Waals surface area contributed by atoms with Gasteiger partial charge in [0.25, 0.3) is 0 Å². The largest absolute Gasteiger partial charge is 0.300 e. The third kappa shape index (κ3) is 2.94. The van der Waals surface area contributed by atoms with Crippen LogP contribution in [-0.2, 0) is 6.54 Å². The van der Waals surface area contributed by atoms with Crippen LogP contribution in [0.2, 0.25) is 0 Å². The lowest BCUT2D eigenvalue weighted by Gasteiger charge is -2.21. The Labute approximate surface area is 103 Å². The molecule has 0 radical (unpaired) electrons. The van der Waals surface area contributed by atoms with E-state index >= 15 is 0 Å². The zero-order chi connectivity index (χ0) is 12.3. The van der Waals surface area contributed by atoms with E-state index in [1.54, 1.807) is 6.20 Å². The molecule has 3 heteroatoms. The van der Waals surface area contributed by atoms with Gasteiger partial charge in [-0.15, -0.1) is 0 Å². The first kappa shape index (κ1) is 11.9. The first-order valence-corrected chi connectivity index (χ1v) is 5.96. The van der Waals surface area contributed by atoms with E-state index in [2.05, 4.69) is 55.2 Å².